The van der Waals surface area contributed by atoms with Crippen LogP contribution in [0.15, 0.2) is 23.4 Å². The van der Waals surface area contributed by atoms with Crippen LogP contribution in [0.5, 0.6) is 11.5 Å². The van der Waals surface area contributed by atoms with Crippen molar-refractivity contribution in [3.63, 3.8) is 0 Å². The number of hydrogen-bond donors (Lipinski definition) is 0. The van der Waals surface area contributed by atoms with Crippen LogP contribution in [0, 0.1) is 0 Å². The van der Waals surface area contributed by atoms with Crippen molar-refractivity contribution in [1.29, 1.82) is 0 Å². The van der Waals surface area contributed by atoms with E-state index in [-0.39, 0.29) is 23.0 Å². The highest BCUT2D eigenvalue weighted by atomic mass is 32.2. The zero-order chi connectivity index (χ0) is 16.0. The van der Waals surface area contributed by atoms with Gasteiger partial charge in [0.25, 0.3) is 0 Å². The zero-order valence-corrected chi connectivity index (χ0v) is 12.4. The van der Waals surface area contributed by atoms with E-state index in [4.69, 9.17) is 9.57 Å². The molecule has 22 heavy (non-hydrogen) atoms. The van der Waals surface area contributed by atoms with Crippen molar-refractivity contribution in [3.8, 4) is 11.5 Å². The van der Waals surface area contributed by atoms with Crippen LogP contribution in [-0.4, -0.2) is 45.0 Å². The predicted molar refractivity (Wildman–Crippen MR) is 73.2 cm³/mol. The molecule has 1 fully saturated rings. The highest BCUT2D eigenvalue weighted by molar-refractivity contribution is 7.93. The number of oxime groups is 1. The van der Waals surface area contributed by atoms with Crippen molar-refractivity contribution in [3.05, 3.63) is 23.8 Å². The second-order valence-electron chi connectivity index (χ2n) is 5.27. The molecule has 0 aromatic heterocycles. The molecule has 0 unspecified atom stereocenters. The van der Waals surface area contributed by atoms with Crippen LogP contribution in [0.1, 0.15) is 12.0 Å². The Morgan fingerprint density at radius 2 is 2.05 bits per heavy atom. The molecule has 0 aliphatic carbocycles. The summed E-state index contributed by atoms with van der Waals surface area (Å²) in [4.78, 5) is 5.26. The van der Waals surface area contributed by atoms with E-state index in [9.17, 15) is 17.2 Å². The third kappa shape index (κ3) is 2.72. The van der Waals surface area contributed by atoms with Gasteiger partial charge in [-0.1, -0.05) is 5.16 Å². The lowest BCUT2D eigenvalue weighted by Gasteiger charge is -2.34. The van der Waals surface area contributed by atoms with E-state index in [1.807, 2.05) is 0 Å². The Labute approximate surface area is 125 Å². The van der Waals surface area contributed by atoms with Crippen molar-refractivity contribution in [2.75, 3.05) is 18.6 Å². The molecule has 0 bridgehead atoms. The molecule has 2 heterocycles. The number of rotatable bonds is 4. The maximum atomic E-state index is 12.3. The minimum absolute atomic E-state index is 0.0588. The molecule has 1 saturated heterocycles. The molecule has 0 saturated carbocycles. The number of nitrogens with zero attached hydrogens (tertiary/aromatic N) is 1. The molecule has 9 heteroatoms. The third-order valence-corrected chi connectivity index (χ3v) is 5.45. The van der Waals surface area contributed by atoms with Gasteiger partial charge in [-0.25, -0.2) is 8.42 Å². The number of benzene rings is 1. The monoisotopic (exact) mass is 333 g/mol. The summed E-state index contributed by atoms with van der Waals surface area (Å²) in [5, 5.41) is 3.92. The summed E-state index contributed by atoms with van der Waals surface area (Å²) >= 11 is 0. The molecule has 0 amide bonds. The molecule has 3 rings (SSSR count). The molecule has 2 aliphatic rings. The van der Waals surface area contributed by atoms with Crippen molar-refractivity contribution < 1.29 is 31.5 Å². The fourth-order valence-electron chi connectivity index (χ4n) is 2.63. The minimum atomic E-state index is -3.04. The Balaban J connectivity index is 1.79. The lowest BCUT2D eigenvalue weighted by molar-refractivity contribution is -0.0512. The molecule has 6 nitrogen and oxygen atoms in total. The molecule has 0 atom stereocenters. The van der Waals surface area contributed by atoms with Crippen LogP contribution in [0.2, 0.25) is 0 Å². The number of sulfone groups is 1. The van der Waals surface area contributed by atoms with Crippen LogP contribution in [0.3, 0.4) is 0 Å². The van der Waals surface area contributed by atoms with Gasteiger partial charge in [0.1, 0.15) is 0 Å². The first-order valence-corrected chi connectivity index (χ1v) is 8.23. The van der Waals surface area contributed by atoms with Gasteiger partial charge in [-0.2, -0.15) is 8.78 Å². The van der Waals surface area contributed by atoms with Crippen LogP contribution in [0.4, 0.5) is 8.78 Å². The van der Waals surface area contributed by atoms with Crippen LogP contribution < -0.4 is 9.47 Å². The number of methoxy groups -OCH3 is 1. The van der Waals surface area contributed by atoms with Crippen molar-refractivity contribution in [2.45, 2.75) is 18.6 Å². The van der Waals surface area contributed by atoms with Crippen molar-refractivity contribution in [1.82, 2.24) is 0 Å². The van der Waals surface area contributed by atoms with Gasteiger partial charge in [0.2, 0.25) is 0 Å². The maximum absolute atomic E-state index is 12.3. The van der Waals surface area contributed by atoms with E-state index >= 15 is 0 Å². The lowest BCUT2D eigenvalue weighted by Crippen LogP contribution is -2.54. The molecule has 120 valence electrons. The second-order valence-corrected chi connectivity index (χ2v) is 7.33. The smallest absolute Gasteiger partial charge is 0.387 e. The van der Waals surface area contributed by atoms with Gasteiger partial charge in [0.05, 0.1) is 24.3 Å². The average molecular weight is 333 g/mol. The quantitative estimate of drug-likeness (QED) is 0.836. The van der Waals surface area contributed by atoms with Gasteiger partial charge >= 0.3 is 6.61 Å². The first kappa shape index (κ1) is 15.0. The van der Waals surface area contributed by atoms with Crippen LogP contribution in [0.25, 0.3) is 0 Å². The summed E-state index contributed by atoms with van der Waals surface area (Å²) in [6, 6.07) is 4.41. The van der Waals surface area contributed by atoms with Gasteiger partial charge in [0.15, 0.2) is 26.9 Å². The summed E-state index contributed by atoms with van der Waals surface area (Å²) < 4.78 is 56.5. The summed E-state index contributed by atoms with van der Waals surface area (Å²) in [6.45, 7) is -2.95. The molecule has 0 radical (unpaired) electrons. The Hall–Kier alpha value is -1.90. The average Bonchev–Trinajstić information content (AvgIpc) is 2.81. The van der Waals surface area contributed by atoms with E-state index in [2.05, 4.69) is 9.89 Å². The molecule has 1 spiro atoms. The first-order valence-electron chi connectivity index (χ1n) is 6.41. The number of ether oxygens (including phenoxy) is 2. The van der Waals surface area contributed by atoms with Crippen molar-refractivity contribution in [2.24, 2.45) is 5.16 Å². The highest BCUT2D eigenvalue weighted by Crippen LogP contribution is 2.38. The maximum Gasteiger partial charge on any atom is 0.387 e. The third-order valence-electron chi connectivity index (χ3n) is 3.52. The van der Waals surface area contributed by atoms with Gasteiger partial charge in [-0.15, -0.1) is 0 Å². The van der Waals surface area contributed by atoms with Gasteiger partial charge in [-0.05, 0) is 18.2 Å². The summed E-state index contributed by atoms with van der Waals surface area (Å²) in [5.41, 5.74) is 0.385. The predicted octanol–water partition coefficient (Wildman–Crippen LogP) is 1.59. The van der Waals surface area contributed by atoms with Gasteiger partial charge in [-0.3, -0.25) is 0 Å². The number of hydrogen-bond acceptors (Lipinski definition) is 6. The summed E-state index contributed by atoms with van der Waals surface area (Å²) in [6.07, 6.45) is 0.352. The molecular weight excluding hydrogens is 320 g/mol. The van der Waals surface area contributed by atoms with E-state index < -0.39 is 22.0 Å². The fourth-order valence-corrected chi connectivity index (χ4v) is 4.46. The van der Waals surface area contributed by atoms with Crippen molar-refractivity contribution >= 4 is 15.5 Å². The normalized spacial score (nSPS) is 21.2. The standard InChI is InChI=1S/C13H13F2NO5S/c1-19-11-4-8(2-3-10(11)20-12(14)15)9-5-13(21-16-9)6-22(17,18)7-13/h2-4,12H,5-7H2,1H3. The molecule has 2 aliphatic heterocycles. The SMILES string of the molecule is COc1cc(C2=NOC3(C2)CS(=O)(=O)C3)ccc1OC(F)F. The fraction of sp³-hybridized carbons (Fsp3) is 0.462. The zero-order valence-electron chi connectivity index (χ0n) is 11.6. The highest BCUT2D eigenvalue weighted by Gasteiger charge is 2.54. The molecule has 0 N–H and O–H groups in total. The minimum Gasteiger partial charge on any atom is -0.493 e. The number of halogens is 2. The largest absolute Gasteiger partial charge is 0.493 e. The second kappa shape index (κ2) is 5.08. The Morgan fingerprint density at radius 1 is 1.32 bits per heavy atom. The van der Waals surface area contributed by atoms with Crippen LogP contribution in [-0.2, 0) is 14.7 Å². The summed E-state index contributed by atoms with van der Waals surface area (Å²) in [7, 11) is -1.70. The first-order chi connectivity index (χ1) is 10.3. The van der Waals surface area contributed by atoms with E-state index in [1.165, 1.54) is 19.2 Å². The van der Waals surface area contributed by atoms with Crippen LogP contribution >= 0.6 is 0 Å². The molecule has 1 aromatic rings. The van der Waals surface area contributed by atoms with Gasteiger partial charge in [0, 0.05) is 12.0 Å². The van der Waals surface area contributed by atoms with E-state index in [1.54, 1.807) is 6.07 Å². The van der Waals surface area contributed by atoms with E-state index in [0.717, 1.165) is 0 Å². The van der Waals surface area contributed by atoms with E-state index in [0.29, 0.717) is 17.7 Å². The Bertz CT molecular complexity index is 720. The summed E-state index contributed by atoms with van der Waals surface area (Å²) in [5.74, 6) is -0.0580. The Kier molecular flexibility index (Phi) is 3.47. The van der Waals surface area contributed by atoms with Gasteiger partial charge < -0.3 is 14.3 Å². The lowest BCUT2D eigenvalue weighted by atomic mass is 9.96. The number of alkyl halides is 2. The topological polar surface area (TPSA) is 74.2 Å². The Morgan fingerprint density at radius 3 is 2.64 bits per heavy atom. The molecule has 1 aromatic carbocycles. The molecular formula is C13H13F2NO5S.